The van der Waals surface area contributed by atoms with Crippen LogP contribution in [0.5, 0.6) is 0 Å². The van der Waals surface area contributed by atoms with Crippen molar-refractivity contribution in [2.45, 2.75) is 59.7 Å². The summed E-state index contributed by atoms with van der Waals surface area (Å²) >= 11 is 0. The van der Waals surface area contributed by atoms with Gasteiger partial charge >= 0.3 is 17.9 Å². The molecule has 0 N–H and O–H groups in total. The Morgan fingerprint density at radius 2 is 2.00 bits per heavy atom. The largest absolute Gasteiger partial charge is 0.458 e. The molecule has 0 aromatic heterocycles. The zero-order valence-corrected chi connectivity index (χ0v) is 14.5. The van der Waals surface area contributed by atoms with E-state index in [-0.39, 0.29) is 17.5 Å². The number of hydrogen-bond acceptors (Lipinski definition) is 6. The van der Waals surface area contributed by atoms with Gasteiger partial charge in [0.2, 0.25) is 0 Å². The maximum Gasteiger partial charge on any atom is 0.344 e. The van der Waals surface area contributed by atoms with Crippen molar-refractivity contribution in [2.75, 3.05) is 6.61 Å². The number of esters is 3. The summed E-state index contributed by atoms with van der Waals surface area (Å²) in [6.07, 6.45) is 0.317. The molecular formula is C17H26O6. The molecule has 4 atom stereocenters. The summed E-state index contributed by atoms with van der Waals surface area (Å²) in [5.41, 5.74) is -0.354. The van der Waals surface area contributed by atoms with E-state index in [1.165, 1.54) is 6.92 Å². The minimum Gasteiger partial charge on any atom is -0.458 e. The van der Waals surface area contributed by atoms with Crippen molar-refractivity contribution < 1.29 is 28.6 Å². The highest BCUT2D eigenvalue weighted by atomic mass is 16.6. The summed E-state index contributed by atoms with van der Waals surface area (Å²) in [6, 6.07) is 0. The van der Waals surface area contributed by atoms with Crippen molar-refractivity contribution in [3.8, 4) is 0 Å². The molecule has 1 fully saturated rings. The third-order valence-electron chi connectivity index (χ3n) is 4.55. The molecule has 1 aliphatic rings. The standard InChI is InChI=1S/C17H26O6/c1-7-12-14(23-16(20)17(12,6)8-2)11(5)22-13(18)9-21-15(19)10(3)4/h11-12,14H,3,7-9H2,1-2,4-6H3. The van der Waals surface area contributed by atoms with Crippen LogP contribution in [0.15, 0.2) is 12.2 Å². The van der Waals surface area contributed by atoms with Gasteiger partial charge in [-0.1, -0.05) is 20.4 Å². The lowest BCUT2D eigenvalue weighted by molar-refractivity contribution is -0.168. The van der Waals surface area contributed by atoms with Gasteiger partial charge in [0.05, 0.1) is 5.41 Å². The van der Waals surface area contributed by atoms with Crippen LogP contribution in [0, 0.1) is 11.3 Å². The number of carbonyl (C=O) groups excluding carboxylic acids is 3. The molecule has 1 aliphatic heterocycles. The molecule has 23 heavy (non-hydrogen) atoms. The highest BCUT2D eigenvalue weighted by Crippen LogP contribution is 2.45. The van der Waals surface area contributed by atoms with Crippen LogP contribution in [-0.4, -0.2) is 36.7 Å². The summed E-state index contributed by atoms with van der Waals surface area (Å²) in [4.78, 5) is 35.2. The minimum absolute atomic E-state index is 0.0271. The predicted octanol–water partition coefficient (Wildman–Crippen LogP) is 2.41. The van der Waals surface area contributed by atoms with E-state index in [0.29, 0.717) is 6.42 Å². The topological polar surface area (TPSA) is 78.9 Å². The van der Waals surface area contributed by atoms with Gasteiger partial charge in [0.15, 0.2) is 6.61 Å². The summed E-state index contributed by atoms with van der Waals surface area (Å²) in [5, 5.41) is 0. The van der Waals surface area contributed by atoms with Crippen LogP contribution >= 0.6 is 0 Å². The normalized spacial score (nSPS) is 28.0. The summed E-state index contributed by atoms with van der Waals surface area (Å²) in [5.74, 6) is -1.61. The smallest absolute Gasteiger partial charge is 0.344 e. The molecule has 0 amide bonds. The quantitative estimate of drug-likeness (QED) is 0.406. The van der Waals surface area contributed by atoms with E-state index in [1.54, 1.807) is 6.92 Å². The third kappa shape index (κ3) is 4.12. The minimum atomic E-state index is -0.678. The van der Waals surface area contributed by atoms with Crippen LogP contribution in [-0.2, 0) is 28.6 Å². The number of rotatable bonds is 7. The van der Waals surface area contributed by atoms with Crippen LogP contribution in [0.25, 0.3) is 0 Å². The van der Waals surface area contributed by atoms with E-state index in [2.05, 4.69) is 6.58 Å². The molecule has 0 aromatic carbocycles. The summed E-state index contributed by atoms with van der Waals surface area (Å²) in [7, 11) is 0. The summed E-state index contributed by atoms with van der Waals surface area (Å²) in [6.45, 7) is 11.9. The Balaban J connectivity index is 2.65. The van der Waals surface area contributed by atoms with Gasteiger partial charge in [-0.15, -0.1) is 0 Å². The molecule has 0 aromatic rings. The number of carbonyl (C=O) groups is 3. The third-order valence-corrected chi connectivity index (χ3v) is 4.55. The van der Waals surface area contributed by atoms with Gasteiger partial charge < -0.3 is 14.2 Å². The fourth-order valence-corrected chi connectivity index (χ4v) is 2.92. The van der Waals surface area contributed by atoms with Gasteiger partial charge in [-0.3, -0.25) is 4.79 Å². The summed E-state index contributed by atoms with van der Waals surface area (Å²) < 4.78 is 15.5. The lowest BCUT2D eigenvalue weighted by Crippen LogP contribution is -2.37. The molecule has 6 heteroatoms. The fraction of sp³-hybridized carbons (Fsp3) is 0.706. The van der Waals surface area contributed by atoms with Crippen LogP contribution in [0.2, 0.25) is 0 Å². The Kier molecular flexibility index (Phi) is 6.36. The Morgan fingerprint density at radius 1 is 1.39 bits per heavy atom. The lowest BCUT2D eigenvalue weighted by Gasteiger charge is -2.29. The van der Waals surface area contributed by atoms with Gasteiger partial charge in [-0.2, -0.15) is 0 Å². The maximum atomic E-state index is 12.1. The molecule has 6 nitrogen and oxygen atoms in total. The molecule has 130 valence electrons. The lowest BCUT2D eigenvalue weighted by atomic mass is 9.72. The molecule has 1 heterocycles. The zero-order valence-electron chi connectivity index (χ0n) is 14.5. The number of ether oxygens (including phenoxy) is 3. The van der Waals surface area contributed by atoms with E-state index in [4.69, 9.17) is 14.2 Å². The Labute approximate surface area is 137 Å². The highest BCUT2D eigenvalue weighted by molar-refractivity contribution is 5.88. The predicted molar refractivity (Wildman–Crippen MR) is 83.4 cm³/mol. The van der Waals surface area contributed by atoms with E-state index < -0.39 is 36.2 Å². The second-order valence-electron chi connectivity index (χ2n) is 6.21. The molecule has 1 saturated heterocycles. The van der Waals surface area contributed by atoms with Crippen LogP contribution in [0.3, 0.4) is 0 Å². The molecule has 0 spiro atoms. The Morgan fingerprint density at radius 3 is 2.48 bits per heavy atom. The number of hydrogen-bond donors (Lipinski definition) is 0. The van der Waals surface area contributed by atoms with E-state index >= 15 is 0 Å². The highest BCUT2D eigenvalue weighted by Gasteiger charge is 2.54. The van der Waals surface area contributed by atoms with Crippen molar-refractivity contribution in [3.05, 3.63) is 12.2 Å². The van der Waals surface area contributed by atoms with Crippen molar-refractivity contribution in [2.24, 2.45) is 11.3 Å². The molecule has 1 rings (SSSR count). The zero-order chi connectivity index (χ0) is 17.8. The first-order chi connectivity index (χ1) is 10.7. The molecule has 0 saturated carbocycles. The first kappa shape index (κ1) is 19.2. The second kappa shape index (κ2) is 7.62. The van der Waals surface area contributed by atoms with Gasteiger partial charge in [-0.25, -0.2) is 9.59 Å². The van der Waals surface area contributed by atoms with Crippen molar-refractivity contribution in [1.82, 2.24) is 0 Å². The van der Waals surface area contributed by atoms with Gasteiger partial charge in [-0.05, 0) is 33.6 Å². The van der Waals surface area contributed by atoms with Crippen LogP contribution in [0.1, 0.15) is 47.5 Å². The van der Waals surface area contributed by atoms with Crippen LogP contribution in [0.4, 0.5) is 0 Å². The van der Waals surface area contributed by atoms with Crippen LogP contribution < -0.4 is 0 Å². The van der Waals surface area contributed by atoms with E-state index in [0.717, 1.165) is 6.42 Å². The molecular weight excluding hydrogens is 300 g/mol. The first-order valence-corrected chi connectivity index (χ1v) is 7.90. The van der Waals surface area contributed by atoms with Crippen molar-refractivity contribution >= 4 is 17.9 Å². The van der Waals surface area contributed by atoms with Crippen molar-refractivity contribution in [1.29, 1.82) is 0 Å². The SMILES string of the molecule is C=C(C)C(=O)OCC(=O)OC(C)C1OC(=O)C(C)(CC)C1CC. The molecule has 0 bridgehead atoms. The maximum absolute atomic E-state index is 12.1. The molecule has 0 radical (unpaired) electrons. The average Bonchev–Trinajstić information content (AvgIpc) is 2.76. The molecule has 4 unspecified atom stereocenters. The van der Waals surface area contributed by atoms with Gasteiger partial charge in [0.1, 0.15) is 12.2 Å². The first-order valence-electron chi connectivity index (χ1n) is 7.90. The Bertz CT molecular complexity index is 497. The van der Waals surface area contributed by atoms with E-state index in [1.807, 2.05) is 20.8 Å². The average molecular weight is 326 g/mol. The molecule has 0 aliphatic carbocycles. The fourth-order valence-electron chi connectivity index (χ4n) is 2.92. The van der Waals surface area contributed by atoms with E-state index in [9.17, 15) is 14.4 Å². The van der Waals surface area contributed by atoms with Crippen molar-refractivity contribution in [3.63, 3.8) is 0 Å². The van der Waals surface area contributed by atoms with Gasteiger partial charge in [0, 0.05) is 11.5 Å². The Hall–Kier alpha value is -1.85. The monoisotopic (exact) mass is 326 g/mol. The number of cyclic esters (lactones) is 1. The second-order valence-corrected chi connectivity index (χ2v) is 6.21. The van der Waals surface area contributed by atoms with Gasteiger partial charge in [0.25, 0.3) is 0 Å².